The van der Waals surface area contributed by atoms with Crippen molar-refractivity contribution in [3.05, 3.63) is 47.5 Å². The van der Waals surface area contributed by atoms with Crippen molar-refractivity contribution in [2.45, 2.75) is 26.4 Å². The molecule has 2 rings (SSSR count). The lowest BCUT2D eigenvalue weighted by Gasteiger charge is -2.32. The summed E-state index contributed by atoms with van der Waals surface area (Å²) in [5.41, 5.74) is 2.78. The average molecular weight is 359 g/mol. The number of rotatable bonds is 8. The Morgan fingerprint density at radius 2 is 1.81 bits per heavy atom. The second-order valence-electron chi connectivity index (χ2n) is 6.72. The third-order valence-electron chi connectivity index (χ3n) is 4.58. The summed E-state index contributed by atoms with van der Waals surface area (Å²) in [6.07, 6.45) is 0.342. The Bertz CT molecular complexity index is 637. The number of ether oxygens (including phenoxy) is 1. The second kappa shape index (κ2) is 10.1. The molecule has 1 amide bonds. The average Bonchev–Trinajstić information content (AvgIpc) is 2.62. The van der Waals surface area contributed by atoms with Gasteiger partial charge in [-0.25, -0.2) is 0 Å². The molecule has 1 heterocycles. The molecular formula is C20H29N3O3. The molecule has 0 unspecified atom stereocenters. The van der Waals surface area contributed by atoms with Gasteiger partial charge in [0.1, 0.15) is 0 Å². The van der Waals surface area contributed by atoms with Crippen molar-refractivity contribution in [1.82, 2.24) is 15.1 Å². The number of esters is 1. The molecule has 1 aromatic carbocycles. The van der Waals surface area contributed by atoms with Crippen molar-refractivity contribution in [2.24, 2.45) is 0 Å². The summed E-state index contributed by atoms with van der Waals surface area (Å²) in [7, 11) is 2.15. The van der Waals surface area contributed by atoms with E-state index in [-0.39, 0.29) is 18.5 Å². The fourth-order valence-corrected chi connectivity index (χ4v) is 2.86. The molecule has 26 heavy (non-hydrogen) atoms. The van der Waals surface area contributed by atoms with E-state index in [0.29, 0.717) is 18.5 Å². The maximum absolute atomic E-state index is 12.2. The number of likely N-dealkylation sites (N-methyl/N-ethyl adjacent to an activating group) is 1. The smallest absolute Gasteiger partial charge is 0.302 e. The molecule has 1 saturated heterocycles. The zero-order valence-electron chi connectivity index (χ0n) is 15.8. The number of hydrogen-bond acceptors (Lipinski definition) is 5. The van der Waals surface area contributed by atoms with Crippen LogP contribution in [0.5, 0.6) is 0 Å². The summed E-state index contributed by atoms with van der Waals surface area (Å²) in [6.45, 7) is 11.0. The van der Waals surface area contributed by atoms with Crippen LogP contribution in [0.2, 0.25) is 0 Å². The lowest BCUT2D eigenvalue weighted by Crippen LogP contribution is -2.44. The number of piperazine rings is 1. The summed E-state index contributed by atoms with van der Waals surface area (Å²) in [5, 5.41) is 2.92. The fraction of sp³-hybridized carbons (Fsp3) is 0.500. The van der Waals surface area contributed by atoms with Gasteiger partial charge in [-0.2, -0.15) is 0 Å². The Kier molecular flexibility index (Phi) is 7.81. The Labute approximate surface area is 155 Å². The molecule has 0 aromatic heterocycles. The molecule has 6 nitrogen and oxygen atoms in total. The highest BCUT2D eigenvalue weighted by molar-refractivity contribution is 5.92. The summed E-state index contributed by atoms with van der Waals surface area (Å²) < 4.78 is 4.85. The van der Waals surface area contributed by atoms with E-state index in [1.807, 2.05) is 18.2 Å². The van der Waals surface area contributed by atoms with Gasteiger partial charge in [-0.05, 0) is 18.2 Å². The van der Waals surface area contributed by atoms with Crippen LogP contribution in [-0.2, 0) is 27.4 Å². The van der Waals surface area contributed by atoms with Crippen LogP contribution < -0.4 is 5.32 Å². The number of carbonyl (C=O) groups excluding carboxylic acids is 2. The molecule has 1 fully saturated rings. The molecule has 1 aromatic rings. The minimum atomic E-state index is -0.351. The van der Waals surface area contributed by atoms with Gasteiger partial charge in [0.15, 0.2) is 0 Å². The van der Waals surface area contributed by atoms with Crippen molar-refractivity contribution in [3.63, 3.8) is 0 Å². The largest absolute Gasteiger partial charge is 0.466 e. The molecule has 0 aliphatic carbocycles. The van der Waals surface area contributed by atoms with Crippen LogP contribution in [0, 0.1) is 0 Å². The fourth-order valence-electron chi connectivity index (χ4n) is 2.86. The highest BCUT2D eigenvalue weighted by atomic mass is 16.5. The summed E-state index contributed by atoms with van der Waals surface area (Å²) in [4.78, 5) is 27.7. The van der Waals surface area contributed by atoms with E-state index < -0.39 is 0 Å². The highest BCUT2D eigenvalue weighted by Crippen LogP contribution is 2.13. The van der Waals surface area contributed by atoms with Crippen LogP contribution in [0.15, 0.2) is 36.4 Å². The quantitative estimate of drug-likeness (QED) is 0.564. The molecule has 142 valence electrons. The predicted octanol–water partition coefficient (Wildman–Crippen LogP) is 1.56. The lowest BCUT2D eigenvalue weighted by atomic mass is 10.1. The summed E-state index contributed by atoms with van der Waals surface area (Å²) in [6, 6.07) is 8.20. The number of carbonyl (C=O) groups is 2. The highest BCUT2D eigenvalue weighted by Gasteiger charge is 2.15. The minimum Gasteiger partial charge on any atom is -0.466 e. The van der Waals surface area contributed by atoms with E-state index in [4.69, 9.17) is 4.74 Å². The maximum Gasteiger partial charge on any atom is 0.302 e. The molecule has 1 aliphatic heterocycles. The third-order valence-corrected chi connectivity index (χ3v) is 4.58. The first kappa shape index (κ1) is 20.1. The van der Waals surface area contributed by atoms with Crippen LogP contribution in [-0.4, -0.2) is 61.5 Å². The van der Waals surface area contributed by atoms with Crippen LogP contribution >= 0.6 is 0 Å². The van der Waals surface area contributed by atoms with E-state index in [1.54, 1.807) is 0 Å². The Hall–Kier alpha value is -2.18. The van der Waals surface area contributed by atoms with Gasteiger partial charge in [0.2, 0.25) is 5.91 Å². The number of nitrogens with one attached hydrogen (secondary N) is 1. The van der Waals surface area contributed by atoms with Gasteiger partial charge in [-0.15, -0.1) is 0 Å². The van der Waals surface area contributed by atoms with E-state index in [2.05, 4.69) is 34.8 Å². The van der Waals surface area contributed by atoms with Gasteiger partial charge in [-0.3, -0.25) is 14.5 Å². The van der Waals surface area contributed by atoms with Crippen LogP contribution in [0.1, 0.15) is 24.5 Å². The second-order valence-corrected chi connectivity index (χ2v) is 6.72. The normalized spacial score (nSPS) is 15.5. The van der Waals surface area contributed by atoms with Crippen molar-refractivity contribution < 1.29 is 14.3 Å². The third kappa shape index (κ3) is 6.61. The Morgan fingerprint density at radius 3 is 2.46 bits per heavy atom. The molecule has 0 saturated carbocycles. The van der Waals surface area contributed by atoms with E-state index >= 15 is 0 Å². The number of nitrogens with zero attached hydrogens (tertiary/aromatic N) is 2. The molecular weight excluding hydrogens is 330 g/mol. The minimum absolute atomic E-state index is 0.182. The lowest BCUT2D eigenvalue weighted by molar-refractivity contribution is -0.141. The molecule has 0 spiro atoms. The van der Waals surface area contributed by atoms with Crippen molar-refractivity contribution in [3.8, 4) is 0 Å². The Morgan fingerprint density at radius 1 is 1.15 bits per heavy atom. The first-order valence-corrected chi connectivity index (χ1v) is 9.02. The van der Waals surface area contributed by atoms with Gasteiger partial charge in [0, 0.05) is 58.2 Å². The van der Waals surface area contributed by atoms with Crippen molar-refractivity contribution in [2.75, 3.05) is 39.8 Å². The molecule has 6 heteroatoms. The SMILES string of the molecule is C=C(CCOC(C)=O)C(=O)NCc1ccccc1CN1CCN(C)CC1. The molecule has 1 N–H and O–H groups in total. The monoisotopic (exact) mass is 359 g/mol. The topological polar surface area (TPSA) is 61.9 Å². The van der Waals surface area contributed by atoms with E-state index in [9.17, 15) is 9.59 Å². The van der Waals surface area contributed by atoms with Gasteiger partial charge in [0.05, 0.1) is 6.61 Å². The first-order valence-electron chi connectivity index (χ1n) is 9.02. The predicted molar refractivity (Wildman–Crippen MR) is 101 cm³/mol. The van der Waals surface area contributed by atoms with Crippen LogP contribution in [0.4, 0.5) is 0 Å². The number of benzene rings is 1. The molecule has 0 radical (unpaired) electrons. The zero-order valence-corrected chi connectivity index (χ0v) is 15.8. The zero-order chi connectivity index (χ0) is 18.9. The van der Waals surface area contributed by atoms with Gasteiger partial charge < -0.3 is 15.0 Å². The number of amides is 1. The molecule has 0 bridgehead atoms. The van der Waals surface area contributed by atoms with Crippen molar-refractivity contribution >= 4 is 11.9 Å². The Balaban J connectivity index is 1.84. The summed E-state index contributed by atoms with van der Waals surface area (Å²) in [5.74, 6) is -0.553. The van der Waals surface area contributed by atoms with Gasteiger partial charge >= 0.3 is 5.97 Å². The molecule has 0 atom stereocenters. The van der Waals surface area contributed by atoms with E-state index in [1.165, 1.54) is 12.5 Å². The van der Waals surface area contributed by atoms with Gasteiger partial charge in [0.25, 0.3) is 0 Å². The van der Waals surface area contributed by atoms with Crippen LogP contribution in [0.25, 0.3) is 0 Å². The van der Waals surface area contributed by atoms with Gasteiger partial charge in [-0.1, -0.05) is 30.8 Å². The maximum atomic E-state index is 12.2. The standard InChI is InChI=1S/C20H29N3O3/c1-16(8-13-26-17(2)24)20(25)21-14-18-6-4-5-7-19(18)15-23-11-9-22(3)10-12-23/h4-7H,1,8-15H2,2-3H3,(H,21,25). The van der Waals surface area contributed by atoms with E-state index in [0.717, 1.165) is 38.3 Å². The first-order chi connectivity index (χ1) is 12.5. The van der Waals surface area contributed by atoms with Crippen molar-refractivity contribution in [1.29, 1.82) is 0 Å². The summed E-state index contributed by atoms with van der Waals surface area (Å²) >= 11 is 0. The number of hydrogen-bond donors (Lipinski definition) is 1. The van der Waals surface area contributed by atoms with Crippen LogP contribution in [0.3, 0.4) is 0 Å². The molecule has 1 aliphatic rings.